The van der Waals surface area contributed by atoms with Crippen LogP contribution in [0, 0.1) is 5.92 Å². The zero-order chi connectivity index (χ0) is 8.97. The number of aliphatic imine (C=N–C) groups is 1. The summed E-state index contributed by atoms with van der Waals surface area (Å²) < 4.78 is 0. The van der Waals surface area contributed by atoms with Crippen molar-refractivity contribution in [3.8, 4) is 0 Å². The number of rotatable bonds is 3. The molecule has 12 heavy (non-hydrogen) atoms. The summed E-state index contributed by atoms with van der Waals surface area (Å²) in [6.07, 6.45) is 7.79. The first kappa shape index (κ1) is 9.24. The van der Waals surface area contributed by atoms with Crippen LogP contribution in [0.4, 0.5) is 0 Å². The minimum absolute atomic E-state index is 0.673. The molecule has 1 aliphatic rings. The van der Waals surface area contributed by atoms with Crippen molar-refractivity contribution in [2.75, 3.05) is 0 Å². The summed E-state index contributed by atoms with van der Waals surface area (Å²) in [5.74, 6) is 0.673. The average molecular weight is 163 g/mol. The molecule has 1 rings (SSSR count). The molecule has 66 valence electrons. The van der Waals surface area contributed by atoms with Gasteiger partial charge >= 0.3 is 0 Å². The van der Waals surface area contributed by atoms with Crippen molar-refractivity contribution in [1.82, 2.24) is 0 Å². The Bertz CT molecular complexity index is 215. The Morgan fingerprint density at radius 1 is 1.42 bits per heavy atom. The highest BCUT2D eigenvalue weighted by atomic mass is 14.7. The van der Waals surface area contributed by atoms with Crippen molar-refractivity contribution in [3.05, 3.63) is 23.9 Å². The smallest absolute Gasteiger partial charge is 0.0362 e. The first-order chi connectivity index (χ1) is 5.70. The fraction of sp³-hybridized carbons (Fsp3) is 0.545. The minimum Gasteiger partial charge on any atom is -0.262 e. The van der Waals surface area contributed by atoms with E-state index in [0.29, 0.717) is 5.92 Å². The number of hydrogen-bond donors (Lipinski definition) is 0. The first-order valence-corrected chi connectivity index (χ1v) is 4.56. The van der Waals surface area contributed by atoms with E-state index < -0.39 is 0 Å². The third kappa shape index (κ3) is 2.65. The Morgan fingerprint density at radius 3 is 2.50 bits per heavy atom. The minimum atomic E-state index is 0.673. The van der Waals surface area contributed by atoms with Crippen LogP contribution < -0.4 is 0 Å². The van der Waals surface area contributed by atoms with Crippen LogP contribution in [0.15, 0.2) is 28.9 Å². The van der Waals surface area contributed by atoms with E-state index in [-0.39, 0.29) is 0 Å². The van der Waals surface area contributed by atoms with Gasteiger partial charge in [-0.2, -0.15) is 0 Å². The second kappa shape index (κ2) is 4.24. The van der Waals surface area contributed by atoms with Crippen molar-refractivity contribution >= 4 is 6.21 Å². The van der Waals surface area contributed by atoms with Crippen LogP contribution in [0.5, 0.6) is 0 Å². The highest BCUT2D eigenvalue weighted by molar-refractivity contribution is 5.72. The topological polar surface area (TPSA) is 12.4 Å². The Kier molecular flexibility index (Phi) is 3.27. The molecule has 0 atom stereocenters. The van der Waals surface area contributed by atoms with Crippen LogP contribution >= 0.6 is 0 Å². The normalized spacial score (nSPS) is 17.5. The lowest BCUT2D eigenvalue weighted by Gasteiger charge is -2.24. The van der Waals surface area contributed by atoms with Gasteiger partial charge in [-0.05, 0) is 32.8 Å². The fourth-order valence-electron chi connectivity index (χ4n) is 1.13. The van der Waals surface area contributed by atoms with E-state index in [2.05, 4.69) is 25.4 Å². The third-order valence-corrected chi connectivity index (χ3v) is 2.22. The molecule has 0 aromatic rings. The van der Waals surface area contributed by atoms with Crippen molar-refractivity contribution in [3.63, 3.8) is 0 Å². The van der Waals surface area contributed by atoms with E-state index in [1.54, 1.807) is 0 Å². The Labute approximate surface area is 74.9 Å². The number of hydrogen-bond acceptors (Lipinski definition) is 1. The standard InChI is InChI=1S/C11H17N/c1-9(2)7-8-12-10(3)11-5-4-6-11/h7-8,11H,3-6H2,1-2H3. The molecule has 0 radical (unpaired) electrons. The van der Waals surface area contributed by atoms with Gasteiger partial charge in [0, 0.05) is 17.8 Å². The van der Waals surface area contributed by atoms with E-state index in [0.717, 1.165) is 5.70 Å². The zero-order valence-electron chi connectivity index (χ0n) is 8.01. The summed E-state index contributed by atoms with van der Waals surface area (Å²) in [5.41, 5.74) is 2.33. The van der Waals surface area contributed by atoms with Crippen LogP contribution in [0.25, 0.3) is 0 Å². The lowest BCUT2D eigenvalue weighted by molar-refractivity contribution is 0.366. The summed E-state index contributed by atoms with van der Waals surface area (Å²) in [4.78, 5) is 4.29. The summed E-state index contributed by atoms with van der Waals surface area (Å²) in [6.45, 7) is 8.08. The average Bonchev–Trinajstić information content (AvgIpc) is 1.81. The molecule has 0 aliphatic heterocycles. The molecule has 1 aliphatic carbocycles. The van der Waals surface area contributed by atoms with Crippen LogP contribution in [0.1, 0.15) is 33.1 Å². The molecule has 0 amide bonds. The van der Waals surface area contributed by atoms with Gasteiger partial charge in [-0.3, -0.25) is 4.99 Å². The quantitative estimate of drug-likeness (QED) is 0.566. The molecular weight excluding hydrogens is 146 g/mol. The zero-order valence-corrected chi connectivity index (χ0v) is 8.01. The van der Waals surface area contributed by atoms with Crippen molar-refractivity contribution in [1.29, 1.82) is 0 Å². The molecule has 0 N–H and O–H groups in total. The van der Waals surface area contributed by atoms with E-state index in [1.807, 2.05) is 12.3 Å². The molecule has 0 aromatic carbocycles. The van der Waals surface area contributed by atoms with Gasteiger partial charge < -0.3 is 0 Å². The molecule has 0 aromatic heterocycles. The second-order valence-corrected chi connectivity index (χ2v) is 3.64. The summed E-state index contributed by atoms with van der Waals surface area (Å²) in [7, 11) is 0. The van der Waals surface area contributed by atoms with Crippen LogP contribution in [-0.2, 0) is 0 Å². The van der Waals surface area contributed by atoms with E-state index >= 15 is 0 Å². The van der Waals surface area contributed by atoms with E-state index in [4.69, 9.17) is 0 Å². The SMILES string of the molecule is C=C(N=CC=C(C)C)C1CCC1. The summed E-state index contributed by atoms with van der Waals surface area (Å²) >= 11 is 0. The maximum absolute atomic E-state index is 4.29. The Morgan fingerprint density at radius 2 is 2.08 bits per heavy atom. The Hall–Kier alpha value is -0.850. The van der Waals surface area contributed by atoms with E-state index in [9.17, 15) is 0 Å². The molecule has 1 saturated carbocycles. The van der Waals surface area contributed by atoms with Gasteiger partial charge in [0.05, 0.1) is 0 Å². The largest absolute Gasteiger partial charge is 0.262 e. The molecule has 1 fully saturated rings. The predicted octanol–water partition coefficient (Wildman–Crippen LogP) is 3.34. The molecule has 1 nitrogen and oxygen atoms in total. The molecule has 1 heteroatoms. The van der Waals surface area contributed by atoms with Crippen molar-refractivity contribution in [2.24, 2.45) is 10.9 Å². The van der Waals surface area contributed by atoms with Gasteiger partial charge in [-0.25, -0.2) is 0 Å². The molecule has 0 bridgehead atoms. The number of nitrogens with zero attached hydrogens (tertiary/aromatic N) is 1. The lowest BCUT2D eigenvalue weighted by Crippen LogP contribution is -2.11. The highest BCUT2D eigenvalue weighted by Gasteiger charge is 2.19. The molecule has 0 unspecified atom stereocenters. The van der Waals surface area contributed by atoms with Gasteiger partial charge in [-0.15, -0.1) is 0 Å². The predicted molar refractivity (Wildman–Crippen MR) is 54.4 cm³/mol. The Balaban J connectivity index is 2.34. The van der Waals surface area contributed by atoms with Gasteiger partial charge in [0.25, 0.3) is 0 Å². The van der Waals surface area contributed by atoms with Crippen LogP contribution in [0.2, 0.25) is 0 Å². The monoisotopic (exact) mass is 163 g/mol. The van der Waals surface area contributed by atoms with Crippen LogP contribution in [-0.4, -0.2) is 6.21 Å². The van der Waals surface area contributed by atoms with Crippen LogP contribution in [0.3, 0.4) is 0 Å². The molecule has 0 saturated heterocycles. The maximum Gasteiger partial charge on any atom is 0.0362 e. The van der Waals surface area contributed by atoms with Crippen molar-refractivity contribution < 1.29 is 0 Å². The van der Waals surface area contributed by atoms with Crippen molar-refractivity contribution in [2.45, 2.75) is 33.1 Å². The maximum atomic E-state index is 4.29. The van der Waals surface area contributed by atoms with Gasteiger partial charge in [-0.1, -0.05) is 18.6 Å². The lowest BCUT2D eigenvalue weighted by atomic mass is 9.83. The first-order valence-electron chi connectivity index (χ1n) is 4.56. The van der Waals surface area contributed by atoms with Gasteiger partial charge in [0.15, 0.2) is 0 Å². The highest BCUT2D eigenvalue weighted by Crippen LogP contribution is 2.32. The molecule has 0 spiro atoms. The van der Waals surface area contributed by atoms with Gasteiger partial charge in [0.2, 0.25) is 0 Å². The van der Waals surface area contributed by atoms with E-state index in [1.165, 1.54) is 24.8 Å². The third-order valence-electron chi connectivity index (χ3n) is 2.22. The molecule has 0 heterocycles. The van der Waals surface area contributed by atoms with Gasteiger partial charge in [0.1, 0.15) is 0 Å². The molecular formula is C11H17N. The summed E-state index contributed by atoms with van der Waals surface area (Å²) in [5, 5.41) is 0. The second-order valence-electron chi connectivity index (χ2n) is 3.64. The number of allylic oxidation sites excluding steroid dienone is 3. The fourth-order valence-corrected chi connectivity index (χ4v) is 1.13. The summed E-state index contributed by atoms with van der Waals surface area (Å²) in [6, 6.07) is 0.